The van der Waals surface area contributed by atoms with E-state index in [9.17, 15) is 26.3 Å². The number of hydrogen-bond acceptors (Lipinski definition) is 2. The second-order valence-corrected chi connectivity index (χ2v) is 6.36. The highest BCUT2D eigenvalue weighted by atomic mass is 19.4. The van der Waals surface area contributed by atoms with E-state index < -0.39 is 35.5 Å². The zero-order chi connectivity index (χ0) is 20.1. The Labute approximate surface area is 153 Å². The Morgan fingerprint density at radius 2 is 1.70 bits per heavy atom. The second-order valence-electron chi connectivity index (χ2n) is 6.36. The van der Waals surface area contributed by atoms with Gasteiger partial charge in [0.2, 0.25) is 0 Å². The highest BCUT2D eigenvalue weighted by Crippen LogP contribution is 2.40. The van der Waals surface area contributed by atoms with E-state index in [0.717, 1.165) is 12.1 Å². The van der Waals surface area contributed by atoms with E-state index in [2.05, 4.69) is 9.47 Å². The SMILES string of the molecule is CC=CC1CCC(C(F)(F)Oc2ccc(OC=CC(F)(F)F)c(F)c2)CC1. The lowest BCUT2D eigenvalue weighted by Crippen LogP contribution is -2.37. The molecule has 0 aromatic heterocycles. The molecule has 2 rings (SSSR count). The first kappa shape index (κ1) is 21.2. The molecular formula is C19H20F6O2. The summed E-state index contributed by atoms with van der Waals surface area (Å²) in [5.74, 6) is -2.75. The van der Waals surface area contributed by atoms with Crippen molar-refractivity contribution in [1.82, 2.24) is 0 Å². The van der Waals surface area contributed by atoms with Gasteiger partial charge in [0, 0.05) is 6.07 Å². The van der Waals surface area contributed by atoms with E-state index in [1.54, 1.807) is 0 Å². The van der Waals surface area contributed by atoms with Crippen LogP contribution in [0.5, 0.6) is 11.5 Å². The van der Waals surface area contributed by atoms with Gasteiger partial charge in [0.05, 0.1) is 18.3 Å². The first-order valence-corrected chi connectivity index (χ1v) is 8.51. The Hall–Kier alpha value is -2.12. The topological polar surface area (TPSA) is 18.5 Å². The van der Waals surface area contributed by atoms with Crippen LogP contribution in [-0.4, -0.2) is 12.3 Å². The summed E-state index contributed by atoms with van der Waals surface area (Å²) >= 11 is 0. The predicted molar refractivity (Wildman–Crippen MR) is 88.1 cm³/mol. The molecule has 1 aromatic carbocycles. The number of ether oxygens (including phenoxy) is 2. The molecule has 1 fully saturated rings. The molecule has 0 saturated heterocycles. The maximum atomic E-state index is 14.3. The Kier molecular flexibility index (Phi) is 6.84. The van der Waals surface area contributed by atoms with Gasteiger partial charge in [-0.2, -0.15) is 22.0 Å². The zero-order valence-electron chi connectivity index (χ0n) is 14.6. The predicted octanol–water partition coefficient (Wildman–Crippen LogP) is 6.63. The molecule has 27 heavy (non-hydrogen) atoms. The van der Waals surface area contributed by atoms with Crippen LogP contribution in [0.25, 0.3) is 0 Å². The van der Waals surface area contributed by atoms with Crippen LogP contribution in [0, 0.1) is 17.7 Å². The monoisotopic (exact) mass is 394 g/mol. The van der Waals surface area contributed by atoms with Crippen LogP contribution in [0.2, 0.25) is 0 Å². The second kappa shape index (κ2) is 8.71. The number of benzene rings is 1. The summed E-state index contributed by atoms with van der Waals surface area (Å²) in [5.41, 5.74) is 0. The van der Waals surface area contributed by atoms with Crippen molar-refractivity contribution >= 4 is 0 Å². The van der Waals surface area contributed by atoms with E-state index in [1.807, 2.05) is 19.1 Å². The number of rotatable bonds is 6. The van der Waals surface area contributed by atoms with Gasteiger partial charge in [0.1, 0.15) is 5.75 Å². The van der Waals surface area contributed by atoms with Gasteiger partial charge >= 0.3 is 12.3 Å². The fourth-order valence-corrected chi connectivity index (χ4v) is 2.99. The minimum Gasteiger partial charge on any atom is -0.462 e. The zero-order valence-corrected chi connectivity index (χ0v) is 14.6. The standard InChI is InChI=1S/C19H20F6O2/c1-2-3-13-4-6-14(7-5-13)19(24,25)27-15-8-9-17(16(20)12-15)26-11-10-18(21,22)23/h2-3,8-14H,4-7H2,1H3. The Morgan fingerprint density at radius 1 is 1.04 bits per heavy atom. The first-order valence-electron chi connectivity index (χ1n) is 8.51. The number of alkyl halides is 5. The summed E-state index contributed by atoms with van der Waals surface area (Å²) in [6.07, 6.45) is -2.29. The highest BCUT2D eigenvalue weighted by molar-refractivity contribution is 5.33. The van der Waals surface area contributed by atoms with Crippen molar-refractivity contribution in [3.05, 3.63) is 48.5 Å². The third kappa shape index (κ3) is 6.52. The van der Waals surface area contributed by atoms with Gasteiger partial charge in [-0.1, -0.05) is 12.2 Å². The molecule has 0 atom stereocenters. The minimum absolute atomic E-state index is 0.213. The summed E-state index contributed by atoms with van der Waals surface area (Å²) in [6, 6.07) is 2.62. The van der Waals surface area contributed by atoms with Gasteiger partial charge in [0.25, 0.3) is 0 Å². The quantitative estimate of drug-likeness (QED) is 0.306. The molecule has 1 aliphatic carbocycles. The van der Waals surface area contributed by atoms with E-state index in [1.165, 1.54) is 0 Å². The molecule has 1 aromatic rings. The van der Waals surface area contributed by atoms with E-state index >= 15 is 0 Å². The van der Waals surface area contributed by atoms with Crippen LogP contribution in [0.15, 0.2) is 42.7 Å². The molecule has 0 amide bonds. The van der Waals surface area contributed by atoms with Crippen LogP contribution < -0.4 is 9.47 Å². The highest BCUT2D eigenvalue weighted by Gasteiger charge is 2.43. The lowest BCUT2D eigenvalue weighted by atomic mass is 9.81. The number of halogens is 6. The maximum Gasteiger partial charge on any atom is 0.412 e. The smallest absolute Gasteiger partial charge is 0.412 e. The van der Waals surface area contributed by atoms with Gasteiger partial charge in [-0.05, 0) is 50.7 Å². The van der Waals surface area contributed by atoms with Crippen molar-refractivity contribution in [2.75, 3.05) is 0 Å². The molecule has 0 aliphatic heterocycles. The van der Waals surface area contributed by atoms with Crippen molar-refractivity contribution in [1.29, 1.82) is 0 Å². The van der Waals surface area contributed by atoms with Crippen LogP contribution in [-0.2, 0) is 0 Å². The summed E-state index contributed by atoms with van der Waals surface area (Å²) in [5, 5.41) is 0. The molecule has 0 N–H and O–H groups in total. The van der Waals surface area contributed by atoms with Crippen molar-refractivity contribution in [3.8, 4) is 11.5 Å². The minimum atomic E-state index is -4.60. The largest absolute Gasteiger partial charge is 0.462 e. The van der Waals surface area contributed by atoms with Gasteiger partial charge < -0.3 is 9.47 Å². The molecule has 1 saturated carbocycles. The van der Waals surface area contributed by atoms with Crippen molar-refractivity contribution in [2.24, 2.45) is 11.8 Å². The van der Waals surface area contributed by atoms with Crippen LogP contribution in [0.1, 0.15) is 32.6 Å². The molecule has 8 heteroatoms. The molecule has 0 unspecified atom stereocenters. The number of allylic oxidation sites excluding steroid dienone is 3. The van der Waals surface area contributed by atoms with Crippen LogP contribution in [0.3, 0.4) is 0 Å². The molecule has 2 nitrogen and oxygen atoms in total. The molecular weight excluding hydrogens is 374 g/mol. The van der Waals surface area contributed by atoms with E-state index in [4.69, 9.17) is 0 Å². The Bertz CT molecular complexity index is 673. The summed E-state index contributed by atoms with van der Waals surface area (Å²) in [4.78, 5) is 0. The third-order valence-electron chi connectivity index (χ3n) is 4.32. The average molecular weight is 394 g/mol. The molecule has 150 valence electrons. The maximum absolute atomic E-state index is 14.3. The molecule has 0 heterocycles. The van der Waals surface area contributed by atoms with Crippen LogP contribution >= 0.6 is 0 Å². The van der Waals surface area contributed by atoms with Crippen molar-refractivity contribution in [2.45, 2.75) is 44.9 Å². The molecule has 0 radical (unpaired) electrons. The number of hydrogen-bond donors (Lipinski definition) is 0. The summed E-state index contributed by atoms with van der Waals surface area (Å²) < 4.78 is 87.7. The fraction of sp³-hybridized carbons (Fsp3) is 0.474. The van der Waals surface area contributed by atoms with Crippen LogP contribution in [0.4, 0.5) is 26.3 Å². The van der Waals surface area contributed by atoms with Crippen molar-refractivity contribution < 1.29 is 35.8 Å². The first-order chi connectivity index (χ1) is 12.6. The third-order valence-corrected chi connectivity index (χ3v) is 4.32. The van der Waals surface area contributed by atoms with Gasteiger partial charge in [-0.15, -0.1) is 0 Å². The summed E-state index contributed by atoms with van der Waals surface area (Å²) in [7, 11) is 0. The van der Waals surface area contributed by atoms with Gasteiger partial charge in [-0.3, -0.25) is 0 Å². The van der Waals surface area contributed by atoms with Gasteiger partial charge in [-0.25, -0.2) is 4.39 Å². The molecule has 0 bridgehead atoms. The molecule has 1 aliphatic rings. The summed E-state index contributed by atoms with van der Waals surface area (Å²) in [6.45, 7) is 1.88. The fourth-order valence-electron chi connectivity index (χ4n) is 2.99. The lowest BCUT2D eigenvalue weighted by Gasteiger charge is -2.32. The van der Waals surface area contributed by atoms with E-state index in [-0.39, 0.29) is 31.1 Å². The van der Waals surface area contributed by atoms with E-state index in [0.29, 0.717) is 18.9 Å². The van der Waals surface area contributed by atoms with Gasteiger partial charge in [0.15, 0.2) is 11.6 Å². The Balaban J connectivity index is 1.98. The average Bonchev–Trinajstić information content (AvgIpc) is 2.56. The lowest BCUT2D eigenvalue weighted by molar-refractivity contribution is -0.223. The normalized spacial score (nSPS) is 21.7. The Morgan fingerprint density at radius 3 is 2.26 bits per heavy atom. The molecule has 0 spiro atoms. The van der Waals surface area contributed by atoms with Crippen molar-refractivity contribution in [3.63, 3.8) is 0 Å².